The molecule has 0 aliphatic heterocycles. The van der Waals surface area contributed by atoms with Crippen LogP contribution in [0.5, 0.6) is 0 Å². The number of benzene rings is 3. The minimum atomic E-state index is -0.741. The third-order valence-electron chi connectivity index (χ3n) is 3.84. The first-order chi connectivity index (χ1) is 12.1. The van der Waals surface area contributed by atoms with E-state index in [0.717, 1.165) is 10.0 Å². The van der Waals surface area contributed by atoms with Crippen LogP contribution >= 0.6 is 15.9 Å². The summed E-state index contributed by atoms with van der Waals surface area (Å²) in [5.74, 6) is -0.428. The van der Waals surface area contributed by atoms with Crippen LogP contribution in [-0.2, 0) is 0 Å². The first-order valence-corrected chi connectivity index (χ1v) is 8.65. The number of hydrogen-bond acceptors (Lipinski definition) is 2. The van der Waals surface area contributed by atoms with E-state index in [1.165, 1.54) is 0 Å². The molecule has 1 amide bonds. The topological polar surface area (TPSA) is 46.2 Å². The van der Waals surface area contributed by atoms with E-state index in [9.17, 15) is 9.59 Å². The largest absolute Gasteiger partial charge is 0.338 e. The van der Waals surface area contributed by atoms with Crippen LogP contribution in [0.3, 0.4) is 0 Å². The van der Waals surface area contributed by atoms with Crippen LogP contribution in [0.25, 0.3) is 0 Å². The maximum atomic E-state index is 13.0. The highest BCUT2D eigenvalue weighted by Gasteiger charge is 2.24. The van der Waals surface area contributed by atoms with Crippen molar-refractivity contribution in [3.8, 4) is 0 Å². The molecule has 0 heterocycles. The number of hydrogen-bond donors (Lipinski definition) is 1. The van der Waals surface area contributed by atoms with Gasteiger partial charge in [0, 0.05) is 15.6 Å². The Hall–Kier alpha value is -2.72. The lowest BCUT2D eigenvalue weighted by molar-refractivity contribution is 0.0857. The number of ketones is 1. The molecule has 25 heavy (non-hydrogen) atoms. The number of halogens is 1. The molecule has 0 aliphatic carbocycles. The highest BCUT2D eigenvalue weighted by atomic mass is 79.9. The maximum absolute atomic E-state index is 13.0. The van der Waals surface area contributed by atoms with Crippen molar-refractivity contribution in [3.63, 3.8) is 0 Å². The molecule has 0 spiro atoms. The second kappa shape index (κ2) is 7.90. The van der Waals surface area contributed by atoms with Crippen molar-refractivity contribution in [1.82, 2.24) is 5.32 Å². The quantitative estimate of drug-likeness (QED) is 0.632. The van der Waals surface area contributed by atoms with Crippen molar-refractivity contribution in [3.05, 3.63) is 106 Å². The van der Waals surface area contributed by atoms with Crippen LogP contribution in [0, 0.1) is 0 Å². The molecule has 1 atom stereocenters. The lowest BCUT2D eigenvalue weighted by Gasteiger charge is -2.18. The van der Waals surface area contributed by atoms with Crippen LogP contribution in [-0.4, -0.2) is 11.7 Å². The maximum Gasteiger partial charge on any atom is 0.252 e. The fourth-order valence-electron chi connectivity index (χ4n) is 2.53. The Morgan fingerprint density at radius 1 is 0.720 bits per heavy atom. The van der Waals surface area contributed by atoms with E-state index in [4.69, 9.17) is 0 Å². The lowest BCUT2D eigenvalue weighted by Crippen LogP contribution is -2.34. The molecule has 3 aromatic carbocycles. The molecule has 4 heteroatoms. The Labute approximate surface area is 154 Å². The van der Waals surface area contributed by atoms with Crippen molar-refractivity contribution in [2.75, 3.05) is 0 Å². The summed E-state index contributed by atoms with van der Waals surface area (Å²) in [6.45, 7) is 0. The zero-order valence-corrected chi connectivity index (χ0v) is 14.9. The summed E-state index contributed by atoms with van der Waals surface area (Å²) in [6, 6.07) is 24.5. The molecular formula is C21H16BrNO2. The zero-order chi connectivity index (χ0) is 17.6. The van der Waals surface area contributed by atoms with E-state index >= 15 is 0 Å². The van der Waals surface area contributed by atoms with Crippen LogP contribution in [0.2, 0.25) is 0 Å². The van der Waals surface area contributed by atoms with Gasteiger partial charge in [0.05, 0.1) is 0 Å². The van der Waals surface area contributed by atoms with E-state index in [0.29, 0.717) is 11.1 Å². The number of carbonyl (C=O) groups excluding carboxylic acids is 2. The van der Waals surface area contributed by atoms with Crippen LogP contribution in [0.4, 0.5) is 0 Å². The van der Waals surface area contributed by atoms with Crippen molar-refractivity contribution in [2.24, 2.45) is 0 Å². The van der Waals surface area contributed by atoms with Gasteiger partial charge in [-0.15, -0.1) is 0 Å². The first-order valence-electron chi connectivity index (χ1n) is 7.86. The van der Waals surface area contributed by atoms with Crippen LogP contribution < -0.4 is 5.32 Å². The summed E-state index contributed by atoms with van der Waals surface area (Å²) in [5.41, 5.74) is 1.82. The second-order valence-electron chi connectivity index (χ2n) is 5.55. The zero-order valence-electron chi connectivity index (χ0n) is 13.4. The summed E-state index contributed by atoms with van der Waals surface area (Å²) in [5, 5.41) is 2.86. The average Bonchev–Trinajstić information content (AvgIpc) is 2.67. The Kier molecular flexibility index (Phi) is 5.41. The van der Waals surface area contributed by atoms with Gasteiger partial charge in [-0.3, -0.25) is 9.59 Å². The van der Waals surface area contributed by atoms with Gasteiger partial charge in [-0.05, 0) is 29.8 Å². The molecule has 0 saturated heterocycles. The minimum Gasteiger partial charge on any atom is -0.338 e. The predicted octanol–water partition coefficient (Wildman–Crippen LogP) is 4.80. The van der Waals surface area contributed by atoms with Crippen molar-refractivity contribution >= 4 is 27.6 Å². The number of amides is 1. The number of carbonyl (C=O) groups is 2. The van der Waals surface area contributed by atoms with E-state index in [-0.39, 0.29) is 11.7 Å². The molecule has 3 nitrogen and oxygen atoms in total. The van der Waals surface area contributed by atoms with Gasteiger partial charge in [0.2, 0.25) is 0 Å². The molecule has 0 aliphatic rings. The summed E-state index contributed by atoms with van der Waals surface area (Å²) < 4.78 is 0.897. The Morgan fingerprint density at radius 2 is 1.28 bits per heavy atom. The minimum absolute atomic E-state index is 0.150. The fraction of sp³-hybridized carbons (Fsp3) is 0.0476. The van der Waals surface area contributed by atoms with E-state index in [1.54, 1.807) is 36.4 Å². The average molecular weight is 394 g/mol. The van der Waals surface area contributed by atoms with Gasteiger partial charge < -0.3 is 5.32 Å². The third-order valence-corrected chi connectivity index (χ3v) is 4.36. The lowest BCUT2D eigenvalue weighted by atomic mass is 9.97. The summed E-state index contributed by atoms with van der Waals surface area (Å²) in [4.78, 5) is 25.5. The van der Waals surface area contributed by atoms with Gasteiger partial charge in [0.25, 0.3) is 5.91 Å². The van der Waals surface area contributed by atoms with Crippen LogP contribution in [0.1, 0.15) is 32.3 Å². The standard InChI is InChI=1S/C21H16BrNO2/c22-18-13-11-16(12-14-18)20(24)19(15-7-3-1-4-8-15)23-21(25)17-9-5-2-6-10-17/h1-14,19H,(H,23,25). The fourth-order valence-corrected chi connectivity index (χ4v) is 2.79. The molecule has 0 fully saturated rings. The summed E-state index contributed by atoms with van der Waals surface area (Å²) in [7, 11) is 0. The summed E-state index contributed by atoms with van der Waals surface area (Å²) >= 11 is 3.37. The number of rotatable bonds is 5. The molecule has 3 aromatic rings. The normalized spacial score (nSPS) is 11.6. The molecular weight excluding hydrogens is 378 g/mol. The molecule has 1 unspecified atom stereocenters. The SMILES string of the molecule is O=C(NC(C(=O)c1ccc(Br)cc1)c1ccccc1)c1ccccc1. The number of nitrogens with one attached hydrogen (secondary N) is 1. The van der Waals surface area contributed by atoms with Gasteiger partial charge in [-0.1, -0.05) is 76.6 Å². The summed E-state index contributed by atoms with van der Waals surface area (Å²) in [6.07, 6.45) is 0. The monoisotopic (exact) mass is 393 g/mol. The number of Topliss-reactive ketones (excluding diaryl/α,β-unsaturated/α-hetero) is 1. The van der Waals surface area contributed by atoms with Gasteiger partial charge in [-0.25, -0.2) is 0 Å². The smallest absolute Gasteiger partial charge is 0.252 e. The van der Waals surface area contributed by atoms with Gasteiger partial charge >= 0.3 is 0 Å². The third kappa shape index (κ3) is 4.22. The van der Waals surface area contributed by atoms with Gasteiger partial charge in [0.1, 0.15) is 6.04 Å². The van der Waals surface area contributed by atoms with Gasteiger partial charge in [-0.2, -0.15) is 0 Å². The second-order valence-corrected chi connectivity index (χ2v) is 6.47. The highest BCUT2D eigenvalue weighted by molar-refractivity contribution is 9.10. The Balaban J connectivity index is 1.91. The molecule has 3 rings (SSSR count). The predicted molar refractivity (Wildman–Crippen MR) is 102 cm³/mol. The Morgan fingerprint density at radius 3 is 1.88 bits per heavy atom. The molecule has 1 N–H and O–H groups in total. The molecule has 0 aromatic heterocycles. The van der Waals surface area contributed by atoms with Crippen molar-refractivity contribution in [2.45, 2.75) is 6.04 Å². The van der Waals surface area contributed by atoms with E-state index < -0.39 is 6.04 Å². The van der Waals surface area contributed by atoms with Crippen molar-refractivity contribution < 1.29 is 9.59 Å². The molecule has 0 radical (unpaired) electrons. The molecule has 0 bridgehead atoms. The van der Waals surface area contributed by atoms with Crippen LogP contribution in [0.15, 0.2) is 89.4 Å². The molecule has 124 valence electrons. The Bertz CT molecular complexity index is 861. The van der Waals surface area contributed by atoms with E-state index in [2.05, 4.69) is 21.2 Å². The highest BCUT2D eigenvalue weighted by Crippen LogP contribution is 2.21. The molecule has 0 saturated carbocycles. The van der Waals surface area contributed by atoms with Crippen molar-refractivity contribution in [1.29, 1.82) is 0 Å². The first kappa shape index (κ1) is 17.1. The van der Waals surface area contributed by atoms with E-state index in [1.807, 2.05) is 48.5 Å². The van der Waals surface area contributed by atoms with Gasteiger partial charge in [0.15, 0.2) is 5.78 Å².